The summed E-state index contributed by atoms with van der Waals surface area (Å²) >= 11 is 0. The molecule has 0 unspecified atom stereocenters. The molecule has 0 radical (unpaired) electrons. The minimum absolute atomic E-state index is 0. The third kappa shape index (κ3) is 5.68. The zero-order valence-corrected chi connectivity index (χ0v) is 10.7. The topological polar surface area (TPSA) is 64.3 Å². The Bertz CT molecular complexity index is 202. The molecule has 1 aliphatic rings. The first-order valence-electron chi connectivity index (χ1n) is 5.84. The Morgan fingerprint density at radius 3 is 2.81 bits per heavy atom. The van der Waals surface area contributed by atoms with Gasteiger partial charge in [0, 0.05) is 25.6 Å². The molecule has 0 spiro atoms. The van der Waals surface area contributed by atoms with E-state index in [1.54, 1.807) is 0 Å². The summed E-state index contributed by atoms with van der Waals surface area (Å²) in [5.74, 6) is 0.495. The summed E-state index contributed by atoms with van der Waals surface area (Å²) in [6, 6.07) is 0.225. The van der Waals surface area contributed by atoms with Gasteiger partial charge in [-0.15, -0.1) is 12.4 Å². The molecule has 16 heavy (non-hydrogen) atoms. The molecule has 0 aromatic carbocycles. The highest BCUT2D eigenvalue weighted by molar-refractivity contribution is 5.85. The number of nitrogens with one attached hydrogen (secondary N) is 1. The Balaban J connectivity index is 0.00000225. The third-order valence-electron chi connectivity index (χ3n) is 2.94. The van der Waals surface area contributed by atoms with E-state index >= 15 is 0 Å². The molecule has 1 amide bonds. The lowest BCUT2D eigenvalue weighted by atomic mass is 10.00. The standard InChI is InChI=1S/C11H22N2O2.ClH/c1-2-15-7-6-13-11(14)8-9-4-3-5-10(9)12;/h9-10H,2-8,12H2,1H3,(H,13,14);1H/t9-,10+;/m0./s1. The van der Waals surface area contributed by atoms with Gasteiger partial charge in [-0.2, -0.15) is 0 Å². The molecular formula is C11H23ClN2O2. The maximum absolute atomic E-state index is 11.5. The van der Waals surface area contributed by atoms with Crippen LogP contribution in [0.2, 0.25) is 0 Å². The van der Waals surface area contributed by atoms with Crippen LogP contribution in [-0.2, 0) is 9.53 Å². The molecule has 0 aromatic rings. The Kier molecular flexibility index (Phi) is 8.61. The van der Waals surface area contributed by atoms with Crippen LogP contribution in [0, 0.1) is 5.92 Å². The maximum Gasteiger partial charge on any atom is 0.220 e. The van der Waals surface area contributed by atoms with Crippen molar-refractivity contribution in [1.29, 1.82) is 0 Å². The fourth-order valence-electron chi connectivity index (χ4n) is 2.04. The van der Waals surface area contributed by atoms with E-state index in [1.165, 1.54) is 0 Å². The summed E-state index contributed by atoms with van der Waals surface area (Å²) in [7, 11) is 0. The van der Waals surface area contributed by atoms with Crippen LogP contribution in [0.15, 0.2) is 0 Å². The predicted octanol–water partition coefficient (Wildman–Crippen LogP) is 1.08. The molecule has 0 aliphatic heterocycles. The number of hydrogen-bond acceptors (Lipinski definition) is 3. The molecule has 2 atom stereocenters. The summed E-state index contributed by atoms with van der Waals surface area (Å²) in [6.45, 7) is 3.84. The van der Waals surface area contributed by atoms with Crippen molar-refractivity contribution in [1.82, 2.24) is 5.32 Å². The summed E-state index contributed by atoms with van der Waals surface area (Å²) < 4.78 is 5.14. The highest BCUT2D eigenvalue weighted by Gasteiger charge is 2.25. The van der Waals surface area contributed by atoms with Crippen molar-refractivity contribution in [3.05, 3.63) is 0 Å². The number of rotatable bonds is 6. The van der Waals surface area contributed by atoms with Gasteiger partial charge in [0.05, 0.1) is 6.61 Å². The molecule has 1 saturated carbocycles. The van der Waals surface area contributed by atoms with Crippen LogP contribution in [0.1, 0.15) is 32.6 Å². The molecule has 1 rings (SSSR count). The third-order valence-corrected chi connectivity index (χ3v) is 2.94. The fourth-order valence-corrected chi connectivity index (χ4v) is 2.04. The Labute approximate surface area is 104 Å². The Hall–Kier alpha value is -0.320. The monoisotopic (exact) mass is 250 g/mol. The van der Waals surface area contributed by atoms with Gasteiger partial charge in [0.15, 0.2) is 0 Å². The molecule has 5 heteroatoms. The highest BCUT2D eigenvalue weighted by atomic mass is 35.5. The number of carbonyl (C=O) groups excluding carboxylic acids is 1. The molecular weight excluding hydrogens is 228 g/mol. The number of ether oxygens (including phenoxy) is 1. The van der Waals surface area contributed by atoms with Crippen molar-refractivity contribution in [3.8, 4) is 0 Å². The highest BCUT2D eigenvalue weighted by Crippen LogP contribution is 2.26. The quantitative estimate of drug-likeness (QED) is 0.694. The number of halogens is 1. The second-order valence-corrected chi connectivity index (χ2v) is 4.11. The van der Waals surface area contributed by atoms with Gasteiger partial charge in [-0.3, -0.25) is 4.79 Å². The van der Waals surface area contributed by atoms with Gasteiger partial charge in [0.25, 0.3) is 0 Å². The first-order valence-corrected chi connectivity index (χ1v) is 5.84. The van der Waals surface area contributed by atoms with E-state index < -0.39 is 0 Å². The first kappa shape index (κ1) is 15.7. The van der Waals surface area contributed by atoms with Crippen molar-refractivity contribution in [2.45, 2.75) is 38.6 Å². The minimum Gasteiger partial charge on any atom is -0.380 e. The average molecular weight is 251 g/mol. The molecule has 0 saturated heterocycles. The molecule has 1 fully saturated rings. The number of carbonyl (C=O) groups is 1. The van der Waals surface area contributed by atoms with Crippen LogP contribution in [0.4, 0.5) is 0 Å². The summed E-state index contributed by atoms with van der Waals surface area (Å²) in [6.07, 6.45) is 3.91. The van der Waals surface area contributed by atoms with Crippen molar-refractivity contribution in [2.75, 3.05) is 19.8 Å². The SMILES string of the molecule is CCOCCNC(=O)C[C@@H]1CCC[C@H]1N.Cl. The number of amides is 1. The van der Waals surface area contributed by atoms with E-state index in [0.29, 0.717) is 32.1 Å². The van der Waals surface area contributed by atoms with Crippen LogP contribution in [0.3, 0.4) is 0 Å². The van der Waals surface area contributed by atoms with Gasteiger partial charge in [-0.05, 0) is 25.7 Å². The van der Waals surface area contributed by atoms with Gasteiger partial charge >= 0.3 is 0 Å². The summed E-state index contributed by atoms with van der Waals surface area (Å²) in [5, 5.41) is 2.85. The van der Waals surface area contributed by atoms with Gasteiger partial charge in [-0.25, -0.2) is 0 Å². The number of nitrogens with two attached hydrogens (primary N) is 1. The lowest BCUT2D eigenvalue weighted by Gasteiger charge is -2.14. The van der Waals surface area contributed by atoms with Crippen LogP contribution >= 0.6 is 12.4 Å². The number of hydrogen-bond donors (Lipinski definition) is 2. The van der Waals surface area contributed by atoms with E-state index in [0.717, 1.165) is 19.3 Å². The van der Waals surface area contributed by atoms with Crippen molar-refractivity contribution < 1.29 is 9.53 Å². The van der Waals surface area contributed by atoms with Gasteiger partial charge < -0.3 is 15.8 Å². The molecule has 96 valence electrons. The predicted molar refractivity (Wildman–Crippen MR) is 66.7 cm³/mol. The Morgan fingerprint density at radius 1 is 1.50 bits per heavy atom. The maximum atomic E-state index is 11.5. The van der Waals surface area contributed by atoms with Crippen LogP contribution in [0.25, 0.3) is 0 Å². The van der Waals surface area contributed by atoms with Crippen molar-refractivity contribution >= 4 is 18.3 Å². The molecule has 1 aliphatic carbocycles. The smallest absolute Gasteiger partial charge is 0.220 e. The normalized spacial score (nSPS) is 23.9. The van der Waals surface area contributed by atoms with E-state index in [1.807, 2.05) is 6.92 Å². The van der Waals surface area contributed by atoms with Crippen LogP contribution in [-0.4, -0.2) is 31.7 Å². The van der Waals surface area contributed by atoms with E-state index in [9.17, 15) is 4.79 Å². The zero-order valence-electron chi connectivity index (χ0n) is 9.91. The summed E-state index contributed by atoms with van der Waals surface area (Å²) in [4.78, 5) is 11.5. The van der Waals surface area contributed by atoms with Crippen LogP contribution in [0.5, 0.6) is 0 Å². The molecule has 4 nitrogen and oxygen atoms in total. The van der Waals surface area contributed by atoms with Gasteiger partial charge in [0.2, 0.25) is 5.91 Å². The molecule has 0 aromatic heterocycles. The largest absolute Gasteiger partial charge is 0.380 e. The molecule has 0 bridgehead atoms. The van der Waals surface area contributed by atoms with Gasteiger partial charge in [-0.1, -0.05) is 6.42 Å². The van der Waals surface area contributed by atoms with E-state index in [-0.39, 0.29) is 24.4 Å². The lowest BCUT2D eigenvalue weighted by Crippen LogP contribution is -2.33. The molecule has 3 N–H and O–H groups in total. The minimum atomic E-state index is 0. The second-order valence-electron chi connectivity index (χ2n) is 4.11. The van der Waals surface area contributed by atoms with E-state index in [2.05, 4.69) is 5.32 Å². The second kappa shape index (κ2) is 8.79. The first-order chi connectivity index (χ1) is 7.24. The van der Waals surface area contributed by atoms with E-state index in [4.69, 9.17) is 10.5 Å². The van der Waals surface area contributed by atoms with Crippen LogP contribution < -0.4 is 11.1 Å². The Morgan fingerprint density at radius 2 is 2.25 bits per heavy atom. The van der Waals surface area contributed by atoms with Crippen molar-refractivity contribution in [3.63, 3.8) is 0 Å². The lowest BCUT2D eigenvalue weighted by molar-refractivity contribution is -0.122. The average Bonchev–Trinajstić information content (AvgIpc) is 2.59. The summed E-state index contributed by atoms with van der Waals surface area (Å²) in [5.41, 5.74) is 5.90. The fraction of sp³-hybridized carbons (Fsp3) is 0.909. The van der Waals surface area contributed by atoms with Crippen molar-refractivity contribution in [2.24, 2.45) is 11.7 Å². The zero-order chi connectivity index (χ0) is 11.1. The molecule has 0 heterocycles. The van der Waals surface area contributed by atoms with Gasteiger partial charge in [0.1, 0.15) is 0 Å².